The number of nitrogens with zero attached hydrogens (tertiary/aromatic N) is 2. The van der Waals surface area contributed by atoms with Crippen molar-refractivity contribution in [2.75, 3.05) is 36.1 Å². The first-order valence-corrected chi connectivity index (χ1v) is 14.5. The summed E-state index contributed by atoms with van der Waals surface area (Å²) < 4.78 is 46.4. The smallest absolute Gasteiger partial charge is 0.411 e. The zero-order valence-corrected chi connectivity index (χ0v) is 23.3. The van der Waals surface area contributed by atoms with Crippen molar-refractivity contribution >= 4 is 78.0 Å². The van der Waals surface area contributed by atoms with E-state index in [1.165, 1.54) is 0 Å². The molecular formula is C18H28CuN2O4S6. The van der Waals surface area contributed by atoms with E-state index >= 15 is 0 Å². The van der Waals surface area contributed by atoms with Crippen LogP contribution in [-0.2, 0) is 62.0 Å². The van der Waals surface area contributed by atoms with Crippen molar-refractivity contribution in [1.29, 1.82) is 0 Å². The molecule has 0 spiro atoms. The second-order valence-electron chi connectivity index (χ2n) is 8.01. The minimum Gasteiger partial charge on any atom is -0.411 e. The molecule has 2 aliphatic heterocycles. The Balaban J connectivity index is 0.000000562. The second kappa shape index (κ2) is 12.0. The topological polar surface area (TPSA) is 74.8 Å². The van der Waals surface area contributed by atoms with E-state index in [4.69, 9.17) is 49.7 Å². The van der Waals surface area contributed by atoms with Gasteiger partial charge in [-0.2, -0.15) is 0 Å². The van der Waals surface area contributed by atoms with Crippen molar-refractivity contribution in [3.05, 3.63) is 25.3 Å². The fourth-order valence-electron chi connectivity index (χ4n) is 3.70. The molecule has 0 saturated carbocycles. The fraction of sp³-hybridized carbons (Fsp3) is 0.667. The van der Waals surface area contributed by atoms with Crippen molar-refractivity contribution in [2.45, 2.75) is 37.8 Å². The van der Waals surface area contributed by atoms with Gasteiger partial charge in [0.2, 0.25) is 0 Å². The molecular weight excluding hydrogens is 564 g/mol. The van der Waals surface area contributed by atoms with Crippen LogP contribution in [0.2, 0.25) is 0 Å². The summed E-state index contributed by atoms with van der Waals surface area (Å²) in [6.45, 7) is 12.0. The predicted molar refractivity (Wildman–Crippen MR) is 137 cm³/mol. The molecule has 0 aromatic carbocycles. The Labute approximate surface area is 219 Å². The molecule has 2 rings (SSSR count). The first kappa shape index (κ1) is 31.1. The summed E-state index contributed by atoms with van der Waals surface area (Å²) in [5, 5.41) is 0. The molecule has 2 unspecified atom stereocenters. The molecule has 0 bridgehead atoms. The van der Waals surface area contributed by atoms with Crippen LogP contribution >= 0.6 is 24.4 Å². The van der Waals surface area contributed by atoms with Crippen molar-refractivity contribution in [1.82, 2.24) is 9.80 Å². The van der Waals surface area contributed by atoms with E-state index in [1.54, 1.807) is 22.0 Å². The van der Waals surface area contributed by atoms with Gasteiger partial charge in [0.1, 0.15) is 0 Å². The van der Waals surface area contributed by atoms with Gasteiger partial charge in [-0.25, -0.2) is 16.8 Å². The molecule has 0 amide bonds. The number of hydrogen-bond acceptors (Lipinski definition) is 8. The maximum Gasteiger partial charge on any atom is 2.00 e. The van der Waals surface area contributed by atoms with Crippen LogP contribution in [0.1, 0.15) is 26.7 Å². The van der Waals surface area contributed by atoms with E-state index in [-0.39, 0.29) is 40.1 Å². The summed E-state index contributed by atoms with van der Waals surface area (Å²) in [5.74, 6) is 0.694. The Morgan fingerprint density at radius 1 is 0.871 bits per heavy atom. The molecule has 2 fully saturated rings. The maximum absolute atomic E-state index is 11.4. The number of sulfone groups is 2. The molecule has 2 atom stereocenters. The van der Waals surface area contributed by atoms with E-state index in [9.17, 15) is 16.8 Å². The fourth-order valence-corrected chi connectivity index (χ4v) is 9.17. The van der Waals surface area contributed by atoms with Gasteiger partial charge in [-0.05, 0) is 26.7 Å². The van der Waals surface area contributed by atoms with Crippen LogP contribution in [0.15, 0.2) is 25.3 Å². The Hall–Kier alpha value is 0.119. The number of rotatable bonds is 6. The zero-order chi connectivity index (χ0) is 23.4. The minimum atomic E-state index is -2.93. The summed E-state index contributed by atoms with van der Waals surface area (Å²) in [4.78, 5) is 3.55. The summed E-state index contributed by atoms with van der Waals surface area (Å²) in [6, 6.07) is 0. The summed E-state index contributed by atoms with van der Waals surface area (Å²) in [7, 11) is -5.87. The van der Waals surface area contributed by atoms with Crippen molar-refractivity contribution in [3.8, 4) is 0 Å². The Bertz CT molecular complexity index is 834. The third kappa shape index (κ3) is 8.77. The van der Waals surface area contributed by atoms with Crippen molar-refractivity contribution in [3.63, 3.8) is 0 Å². The van der Waals surface area contributed by atoms with E-state index in [2.05, 4.69) is 13.2 Å². The standard InChI is InChI=1S/2C9H15NO2S3.Cu/c2*1-3-5-10(8(13)14)9(2)4-6-15(11,12)7-9;/h2*3H,1,4-7H2,2H3,(H,13,14);/q;;+2/p-2. The third-order valence-corrected chi connectivity index (χ3v) is 9.99. The molecule has 0 N–H and O–H groups in total. The van der Waals surface area contributed by atoms with Gasteiger partial charge < -0.3 is 59.5 Å². The van der Waals surface area contributed by atoms with Gasteiger partial charge in [0, 0.05) is 13.1 Å². The largest absolute Gasteiger partial charge is 2.00 e. The van der Waals surface area contributed by atoms with Crippen molar-refractivity contribution in [2.24, 2.45) is 0 Å². The Kier molecular flexibility index (Phi) is 12.1. The molecule has 0 aromatic rings. The monoisotopic (exact) mass is 591 g/mol. The normalized spacial score (nSPS) is 27.7. The number of hydrogen-bond donors (Lipinski definition) is 0. The Morgan fingerprint density at radius 2 is 1.16 bits per heavy atom. The maximum atomic E-state index is 11.4. The van der Waals surface area contributed by atoms with Gasteiger partial charge in [-0.3, -0.25) is 0 Å². The van der Waals surface area contributed by atoms with Gasteiger partial charge in [-0.15, -0.1) is 13.2 Å². The zero-order valence-electron chi connectivity index (χ0n) is 17.5. The van der Waals surface area contributed by atoms with Crippen molar-refractivity contribution < 1.29 is 33.9 Å². The molecule has 6 nitrogen and oxygen atoms in total. The van der Waals surface area contributed by atoms with Gasteiger partial charge in [0.15, 0.2) is 19.7 Å². The van der Waals surface area contributed by atoms with E-state index in [0.29, 0.717) is 34.6 Å². The molecule has 0 aliphatic carbocycles. The van der Waals surface area contributed by atoms with E-state index in [0.717, 1.165) is 0 Å². The minimum absolute atomic E-state index is 0. The molecule has 13 heteroatoms. The van der Waals surface area contributed by atoms with E-state index < -0.39 is 30.8 Å². The average molecular weight is 592 g/mol. The summed E-state index contributed by atoms with van der Waals surface area (Å²) >= 11 is 19.9. The molecule has 2 heterocycles. The molecule has 2 saturated heterocycles. The van der Waals surface area contributed by atoms with Gasteiger partial charge >= 0.3 is 17.1 Å². The first-order chi connectivity index (χ1) is 13.6. The molecule has 31 heavy (non-hydrogen) atoms. The van der Waals surface area contributed by atoms with Crippen LogP contribution < -0.4 is 0 Å². The average Bonchev–Trinajstić information content (AvgIpc) is 3.05. The first-order valence-electron chi connectivity index (χ1n) is 9.21. The van der Waals surface area contributed by atoms with Gasteiger partial charge in [0.25, 0.3) is 0 Å². The van der Waals surface area contributed by atoms with Gasteiger partial charge in [-0.1, -0.05) is 20.8 Å². The third-order valence-electron chi connectivity index (χ3n) is 5.33. The van der Waals surface area contributed by atoms with Crippen LogP contribution in [-0.4, -0.2) is 82.5 Å². The molecule has 0 aromatic heterocycles. The van der Waals surface area contributed by atoms with E-state index in [1.807, 2.05) is 13.8 Å². The number of thiocarbonyl (C=S) groups is 2. The Morgan fingerprint density at radius 3 is 1.32 bits per heavy atom. The summed E-state index contributed by atoms with van der Waals surface area (Å²) in [5.41, 5.74) is -0.905. The van der Waals surface area contributed by atoms with Crippen LogP contribution in [0.4, 0.5) is 0 Å². The summed E-state index contributed by atoms with van der Waals surface area (Å²) in [6.07, 6.45) is 4.55. The SMILES string of the molecule is C=CCN(C(=S)[S-])C1(C)CCS(=O)(=O)C1.C=CCN(C(=S)[S-])C1(C)CCS(=O)(=O)C1.[Cu+2]. The molecule has 1 radical (unpaired) electrons. The van der Waals surface area contributed by atoms with Crippen LogP contribution in [0.25, 0.3) is 0 Å². The predicted octanol–water partition coefficient (Wildman–Crippen LogP) is 1.76. The molecule has 181 valence electrons. The van der Waals surface area contributed by atoms with Crippen LogP contribution in [0.5, 0.6) is 0 Å². The van der Waals surface area contributed by atoms with Crippen LogP contribution in [0.3, 0.4) is 0 Å². The van der Waals surface area contributed by atoms with Crippen LogP contribution in [0, 0.1) is 0 Å². The van der Waals surface area contributed by atoms with Gasteiger partial charge in [0.05, 0.1) is 34.1 Å². The molecule has 2 aliphatic rings. The second-order valence-corrected chi connectivity index (χ2v) is 14.4. The quantitative estimate of drug-likeness (QED) is 0.197.